The van der Waals surface area contributed by atoms with Crippen LogP contribution < -0.4 is 4.74 Å². The van der Waals surface area contributed by atoms with Crippen LogP contribution in [-0.4, -0.2) is 57.5 Å². The van der Waals surface area contributed by atoms with Gasteiger partial charge in [0.25, 0.3) is 0 Å². The number of unbranched alkanes of at least 4 members (excludes halogenated alkanes) is 2. The zero-order chi connectivity index (χ0) is 34.6. The molecule has 3 N–H and O–H groups in total. The van der Waals surface area contributed by atoms with Gasteiger partial charge in [0.2, 0.25) is 5.79 Å². The number of ether oxygens (including phenoxy) is 2. The zero-order valence-electron chi connectivity index (χ0n) is 29.0. The standard InChI is InChI=1S/C41H51NO6S/c1-5-22-46-41-37(49-31-18-16-27-12-6-7-13-28(27)23-31)26-35(42-48-40(2,3)4)33-24-29(14-8-10-20-43)32(15-9-11-21-44)38(39(33)41)34-25-30(45)17-19-36(34)47-41/h5-7,12-13,16-19,23-25,29,32,37-39,43-45H,1,8-11,14-15,20-22,26H2,2-4H3. The Morgan fingerprint density at radius 1 is 0.980 bits per heavy atom. The van der Waals surface area contributed by atoms with Crippen molar-refractivity contribution in [1.82, 2.24) is 0 Å². The lowest BCUT2D eigenvalue weighted by atomic mass is 9.56. The molecule has 6 unspecified atom stereocenters. The number of aliphatic hydroxyl groups excluding tert-OH is 2. The lowest BCUT2D eigenvalue weighted by molar-refractivity contribution is -0.223. The SMILES string of the molecule is C=CCOC12Oc3ccc(O)cc3C3C(CCCCO)C(CCCCO)C=C(C(=NOC(C)(C)C)CC1Sc1ccc4ccccc4c1)C32. The Morgan fingerprint density at radius 3 is 2.47 bits per heavy atom. The number of phenols is 1. The van der Waals surface area contributed by atoms with Gasteiger partial charge in [0.15, 0.2) is 0 Å². The molecule has 0 spiro atoms. The third kappa shape index (κ3) is 7.58. The highest BCUT2D eigenvalue weighted by molar-refractivity contribution is 8.00. The van der Waals surface area contributed by atoms with Crippen molar-refractivity contribution in [3.8, 4) is 11.5 Å². The minimum atomic E-state index is -1.07. The van der Waals surface area contributed by atoms with E-state index in [0.29, 0.717) is 13.0 Å². The van der Waals surface area contributed by atoms with E-state index >= 15 is 0 Å². The summed E-state index contributed by atoms with van der Waals surface area (Å²) < 4.78 is 14.2. The summed E-state index contributed by atoms with van der Waals surface area (Å²) in [6, 6.07) is 20.4. The van der Waals surface area contributed by atoms with E-state index in [1.54, 1.807) is 23.9 Å². The third-order valence-electron chi connectivity index (χ3n) is 10.1. The molecule has 0 aromatic heterocycles. The van der Waals surface area contributed by atoms with Crippen LogP contribution in [0.15, 0.2) is 95.0 Å². The van der Waals surface area contributed by atoms with Gasteiger partial charge in [-0.05, 0) is 105 Å². The number of phenolic OH excluding ortho intramolecular Hbond substituents is 1. The summed E-state index contributed by atoms with van der Waals surface area (Å²) in [5.74, 6) is -0.0762. The fourth-order valence-electron chi connectivity index (χ4n) is 8.03. The predicted molar refractivity (Wildman–Crippen MR) is 197 cm³/mol. The van der Waals surface area contributed by atoms with E-state index in [0.717, 1.165) is 66.0 Å². The molecule has 7 nitrogen and oxygen atoms in total. The number of rotatable bonds is 14. The first-order valence-corrected chi connectivity index (χ1v) is 18.7. The van der Waals surface area contributed by atoms with Gasteiger partial charge in [0.1, 0.15) is 17.1 Å². The summed E-state index contributed by atoms with van der Waals surface area (Å²) in [6.45, 7) is 10.7. The van der Waals surface area contributed by atoms with Crippen molar-refractivity contribution < 1.29 is 29.6 Å². The second-order valence-electron chi connectivity index (χ2n) is 14.6. The molecular formula is C41H51NO6S. The zero-order valence-corrected chi connectivity index (χ0v) is 29.8. The van der Waals surface area contributed by atoms with Gasteiger partial charge in [0.05, 0.1) is 23.5 Å². The summed E-state index contributed by atoms with van der Waals surface area (Å²) in [4.78, 5) is 7.29. The Bertz CT molecular complexity index is 1680. The Balaban J connectivity index is 1.56. The van der Waals surface area contributed by atoms with Gasteiger partial charge < -0.3 is 29.6 Å². The van der Waals surface area contributed by atoms with Crippen LogP contribution in [0, 0.1) is 17.8 Å². The third-order valence-corrected chi connectivity index (χ3v) is 11.4. The molecule has 8 heteroatoms. The molecule has 262 valence electrons. The normalized spacial score (nSPS) is 26.8. The minimum absolute atomic E-state index is 0.0571. The number of hydrogen-bond acceptors (Lipinski definition) is 8. The number of benzene rings is 3. The largest absolute Gasteiger partial charge is 0.508 e. The van der Waals surface area contributed by atoms with Crippen LogP contribution in [0.25, 0.3) is 10.8 Å². The summed E-state index contributed by atoms with van der Waals surface area (Å²) >= 11 is 1.75. The highest BCUT2D eigenvalue weighted by atomic mass is 32.2. The number of allylic oxidation sites excluding steroid dienone is 1. The first-order chi connectivity index (χ1) is 23.7. The van der Waals surface area contributed by atoms with Crippen LogP contribution in [0.5, 0.6) is 11.5 Å². The molecule has 0 radical (unpaired) electrons. The van der Waals surface area contributed by atoms with E-state index < -0.39 is 11.4 Å². The quantitative estimate of drug-likeness (QED) is 0.0886. The number of oxime groups is 1. The van der Waals surface area contributed by atoms with Crippen molar-refractivity contribution >= 4 is 28.2 Å². The highest BCUT2D eigenvalue weighted by Gasteiger charge is 2.64. The van der Waals surface area contributed by atoms with E-state index in [-0.39, 0.29) is 47.9 Å². The average molecular weight is 686 g/mol. The van der Waals surface area contributed by atoms with E-state index in [4.69, 9.17) is 19.5 Å². The number of nitrogens with zero attached hydrogens (tertiary/aromatic N) is 1. The van der Waals surface area contributed by atoms with Crippen LogP contribution >= 0.6 is 11.8 Å². The van der Waals surface area contributed by atoms with Crippen LogP contribution in [0.3, 0.4) is 0 Å². The molecule has 6 atom stereocenters. The van der Waals surface area contributed by atoms with Crippen LogP contribution in [-0.2, 0) is 9.57 Å². The van der Waals surface area contributed by atoms with Crippen molar-refractivity contribution in [3.63, 3.8) is 0 Å². The van der Waals surface area contributed by atoms with Gasteiger partial charge >= 0.3 is 0 Å². The first kappa shape index (κ1) is 35.5. The molecule has 6 rings (SSSR count). The maximum atomic E-state index is 10.9. The summed E-state index contributed by atoms with van der Waals surface area (Å²) in [6.07, 6.45) is 9.79. The summed E-state index contributed by atoms with van der Waals surface area (Å²) in [5.41, 5.74) is 2.47. The number of aromatic hydroxyl groups is 1. The predicted octanol–water partition coefficient (Wildman–Crippen LogP) is 8.77. The highest BCUT2D eigenvalue weighted by Crippen LogP contribution is 2.63. The molecule has 2 aliphatic carbocycles. The molecule has 1 heterocycles. The van der Waals surface area contributed by atoms with Crippen LogP contribution in [0.1, 0.15) is 77.2 Å². The molecule has 3 aromatic carbocycles. The summed E-state index contributed by atoms with van der Waals surface area (Å²) in [5, 5.41) is 37.4. The molecule has 1 aliphatic heterocycles. The van der Waals surface area contributed by atoms with E-state index in [1.165, 1.54) is 10.8 Å². The first-order valence-electron chi connectivity index (χ1n) is 17.8. The fourth-order valence-corrected chi connectivity index (χ4v) is 9.37. The van der Waals surface area contributed by atoms with E-state index in [2.05, 4.69) is 55.1 Å². The second-order valence-corrected chi connectivity index (χ2v) is 15.9. The van der Waals surface area contributed by atoms with Crippen molar-refractivity contribution in [2.45, 2.75) is 93.2 Å². The maximum Gasteiger partial charge on any atom is 0.231 e. The number of hydrogen-bond donors (Lipinski definition) is 3. The monoisotopic (exact) mass is 685 g/mol. The topological polar surface area (TPSA) is 101 Å². The Hall–Kier alpha value is -3.30. The molecule has 1 saturated carbocycles. The van der Waals surface area contributed by atoms with Gasteiger partial charge in [-0.15, -0.1) is 18.3 Å². The van der Waals surface area contributed by atoms with Crippen molar-refractivity contribution in [2.24, 2.45) is 22.9 Å². The fraction of sp³-hybridized carbons (Fsp3) is 0.488. The van der Waals surface area contributed by atoms with Crippen molar-refractivity contribution in [1.29, 1.82) is 0 Å². The molecular weight excluding hydrogens is 635 g/mol. The molecule has 3 aromatic rings. The molecule has 49 heavy (non-hydrogen) atoms. The Morgan fingerprint density at radius 2 is 1.73 bits per heavy atom. The maximum absolute atomic E-state index is 10.9. The lowest BCUT2D eigenvalue weighted by Gasteiger charge is -2.58. The number of thioether (sulfide) groups is 1. The van der Waals surface area contributed by atoms with Gasteiger partial charge in [-0.25, -0.2) is 0 Å². The summed E-state index contributed by atoms with van der Waals surface area (Å²) in [7, 11) is 0. The molecule has 3 aliphatic rings. The van der Waals surface area contributed by atoms with Gasteiger partial charge in [-0.3, -0.25) is 0 Å². The van der Waals surface area contributed by atoms with Crippen LogP contribution in [0.4, 0.5) is 0 Å². The van der Waals surface area contributed by atoms with E-state index in [1.807, 2.05) is 32.9 Å². The lowest BCUT2D eigenvalue weighted by Crippen LogP contribution is -2.64. The molecule has 1 fully saturated rings. The minimum Gasteiger partial charge on any atom is -0.508 e. The van der Waals surface area contributed by atoms with Gasteiger partial charge in [-0.1, -0.05) is 60.5 Å². The smallest absolute Gasteiger partial charge is 0.231 e. The molecule has 0 saturated heterocycles. The second kappa shape index (κ2) is 15.3. The van der Waals surface area contributed by atoms with Crippen molar-refractivity contribution in [3.05, 3.63) is 90.5 Å². The number of aliphatic hydroxyl groups is 2. The molecule has 0 bridgehead atoms. The van der Waals surface area contributed by atoms with E-state index in [9.17, 15) is 15.3 Å². The van der Waals surface area contributed by atoms with Gasteiger partial charge in [-0.2, -0.15) is 0 Å². The Kier molecular flexibility index (Phi) is 11.1. The Labute approximate surface area is 295 Å². The van der Waals surface area contributed by atoms with Crippen molar-refractivity contribution in [2.75, 3.05) is 19.8 Å². The molecule has 0 amide bonds. The average Bonchev–Trinajstić information content (AvgIpc) is 3.08. The van der Waals surface area contributed by atoms with Gasteiger partial charge in [0, 0.05) is 36.0 Å². The van der Waals surface area contributed by atoms with Crippen LogP contribution in [0.2, 0.25) is 0 Å². The number of fused-ring (bicyclic) bond motifs is 3.